The molecule has 134 valence electrons. The van der Waals surface area contributed by atoms with Crippen LogP contribution in [0.4, 0.5) is 5.82 Å². The second kappa shape index (κ2) is 7.20. The highest BCUT2D eigenvalue weighted by Crippen LogP contribution is 2.34. The van der Waals surface area contributed by atoms with Gasteiger partial charge in [-0.15, -0.1) is 0 Å². The van der Waals surface area contributed by atoms with E-state index in [4.69, 9.17) is 5.26 Å². The Morgan fingerprint density at radius 2 is 2.04 bits per heavy atom. The van der Waals surface area contributed by atoms with Gasteiger partial charge in [0.05, 0.1) is 11.6 Å². The lowest BCUT2D eigenvalue weighted by Gasteiger charge is -2.35. The number of piperidine rings is 1. The highest BCUT2D eigenvalue weighted by atomic mass is 16.2. The molecule has 1 amide bonds. The molecule has 0 spiro atoms. The number of aromatic amines is 1. The summed E-state index contributed by atoms with van der Waals surface area (Å²) in [5, 5.41) is 8.88. The van der Waals surface area contributed by atoms with E-state index < -0.39 is 0 Å². The van der Waals surface area contributed by atoms with Crippen LogP contribution in [-0.4, -0.2) is 40.4 Å². The molecule has 0 saturated carbocycles. The van der Waals surface area contributed by atoms with Crippen molar-refractivity contribution < 1.29 is 4.79 Å². The number of carbonyl (C=O) groups excluding carboxylic acids is 1. The van der Waals surface area contributed by atoms with E-state index in [1.54, 1.807) is 12.3 Å². The fourth-order valence-electron chi connectivity index (χ4n) is 4.13. The van der Waals surface area contributed by atoms with Gasteiger partial charge in [0.15, 0.2) is 0 Å². The summed E-state index contributed by atoms with van der Waals surface area (Å²) < 4.78 is 0. The number of rotatable bonds is 3. The molecular weight excluding hydrogens is 326 g/mol. The first-order chi connectivity index (χ1) is 12.8. The highest BCUT2D eigenvalue weighted by Gasteiger charge is 2.35. The minimum Gasteiger partial charge on any atom is -0.363 e. The molecule has 4 heterocycles. The Morgan fingerprint density at radius 3 is 2.69 bits per heavy atom. The van der Waals surface area contributed by atoms with E-state index in [1.807, 2.05) is 18.3 Å². The number of hydrogen-bond acceptors (Lipinski definition) is 4. The van der Waals surface area contributed by atoms with Gasteiger partial charge < -0.3 is 14.8 Å². The molecule has 2 aromatic rings. The van der Waals surface area contributed by atoms with E-state index >= 15 is 0 Å². The Balaban J connectivity index is 1.38. The largest absolute Gasteiger partial charge is 0.363 e. The highest BCUT2D eigenvalue weighted by molar-refractivity contribution is 5.80. The maximum Gasteiger partial charge on any atom is 0.226 e. The van der Waals surface area contributed by atoms with Gasteiger partial charge in [-0.2, -0.15) is 5.26 Å². The molecular formula is C20H23N5O. The molecule has 26 heavy (non-hydrogen) atoms. The summed E-state index contributed by atoms with van der Waals surface area (Å²) in [5.74, 6) is 1.29. The second-order valence-electron chi connectivity index (χ2n) is 7.09. The number of anilines is 1. The number of H-pyrrole nitrogens is 1. The van der Waals surface area contributed by atoms with Crippen molar-refractivity contribution in [2.45, 2.75) is 31.7 Å². The maximum absolute atomic E-state index is 13.1. The fraction of sp³-hybridized carbons (Fsp3) is 0.450. The number of nitrogens with one attached hydrogen (secondary N) is 1. The Hall–Kier alpha value is -2.81. The first kappa shape index (κ1) is 16.6. The molecule has 2 aliphatic heterocycles. The van der Waals surface area contributed by atoms with Crippen molar-refractivity contribution in [2.24, 2.45) is 5.92 Å². The third kappa shape index (κ3) is 3.17. The van der Waals surface area contributed by atoms with Crippen LogP contribution in [0.1, 0.15) is 43.0 Å². The summed E-state index contributed by atoms with van der Waals surface area (Å²) in [4.78, 5) is 25.0. The smallest absolute Gasteiger partial charge is 0.226 e. The zero-order valence-electron chi connectivity index (χ0n) is 14.8. The molecule has 4 rings (SSSR count). The molecule has 6 nitrogen and oxygen atoms in total. The van der Waals surface area contributed by atoms with Crippen LogP contribution in [0.25, 0.3) is 0 Å². The van der Waals surface area contributed by atoms with Crippen molar-refractivity contribution in [1.82, 2.24) is 14.9 Å². The Labute approximate surface area is 153 Å². The van der Waals surface area contributed by atoms with Crippen molar-refractivity contribution in [3.63, 3.8) is 0 Å². The summed E-state index contributed by atoms with van der Waals surface area (Å²) in [6.07, 6.45) is 7.36. The van der Waals surface area contributed by atoms with Gasteiger partial charge in [0.25, 0.3) is 0 Å². The Bertz CT molecular complexity index is 785. The first-order valence-corrected chi connectivity index (χ1v) is 9.31. The predicted molar refractivity (Wildman–Crippen MR) is 98.4 cm³/mol. The van der Waals surface area contributed by atoms with E-state index in [-0.39, 0.29) is 12.0 Å². The van der Waals surface area contributed by atoms with E-state index in [0.29, 0.717) is 11.5 Å². The molecule has 2 aromatic heterocycles. The third-order valence-electron chi connectivity index (χ3n) is 5.56. The van der Waals surface area contributed by atoms with Crippen molar-refractivity contribution in [1.29, 1.82) is 5.26 Å². The lowest BCUT2D eigenvalue weighted by molar-refractivity contribution is -0.137. The fourth-order valence-corrected chi connectivity index (χ4v) is 4.13. The van der Waals surface area contributed by atoms with Gasteiger partial charge in [0.1, 0.15) is 11.9 Å². The molecule has 0 aromatic carbocycles. The third-order valence-corrected chi connectivity index (χ3v) is 5.56. The van der Waals surface area contributed by atoms with Gasteiger partial charge in [0, 0.05) is 43.6 Å². The van der Waals surface area contributed by atoms with Crippen LogP contribution >= 0.6 is 0 Å². The van der Waals surface area contributed by atoms with Gasteiger partial charge in [0.2, 0.25) is 5.91 Å². The van der Waals surface area contributed by atoms with Crippen LogP contribution in [0, 0.1) is 17.2 Å². The van der Waals surface area contributed by atoms with Crippen molar-refractivity contribution in [3.05, 3.63) is 47.9 Å². The second-order valence-corrected chi connectivity index (χ2v) is 7.09. The van der Waals surface area contributed by atoms with E-state index in [1.165, 1.54) is 0 Å². The van der Waals surface area contributed by atoms with E-state index in [0.717, 1.165) is 56.8 Å². The number of carbonyl (C=O) groups is 1. The van der Waals surface area contributed by atoms with Gasteiger partial charge >= 0.3 is 0 Å². The molecule has 1 atom stereocenters. The zero-order chi connectivity index (χ0) is 17.9. The van der Waals surface area contributed by atoms with Crippen LogP contribution in [0.3, 0.4) is 0 Å². The van der Waals surface area contributed by atoms with Gasteiger partial charge in [-0.25, -0.2) is 4.98 Å². The van der Waals surface area contributed by atoms with Crippen LogP contribution in [0.5, 0.6) is 0 Å². The summed E-state index contributed by atoms with van der Waals surface area (Å²) in [6, 6.07) is 10.1. The lowest BCUT2D eigenvalue weighted by atomic mass is 9.94. The Kier molecular flexibility index (Phi) is 4.61. The molecule has 6 heteroatoms. The molecule has 0 bridgehead atoms. The zero-order valence-corrected chi connectivity index (χ0v) is 14.8. The topological polar surface area (TPSA) is 76.0 Å². The Morgan fingerprint density at radius 1 is 1.19 bits per heavy atom. The number of aromatic nitrogens is 2. The quantitative estimate of drug-likeness (QED) is 0.924. The first-order valence-electron chi connectivity index (χ1n) is 9.31. The summed E-state index contributed by atoms with van der Waals surface area (Å²) in [7, 11) is 0. The van der Waals surface area contributed by atoms with Gasteiger partial charge in [-0.1, -0.05) is 0 Å². The molecule has 2 aliphatic rings. The van der Waals surface area contributed by atoms with Crippen LogP contribution in [0.15, 0.2) is 36.7 Å². The van der Waals surface area contributed by atoms with E-state index in [9.17, 15) is 4.79 Å². The standard InChI is InChI=1S/C20H23N5O/c21-13-15-5-6-19(23-14-15)24-11-7-16(8-12-24)20(26)25-10-2-4-18(25)17-3-1-9-22-17/h1,3,5-6,9,14,16,18,22H,2,4,7-8,10-12H2/t18-/m1/s1. The minimum absolute atomic E-state index is 0.0974. The predicted octanol–water partition coefficient (Wildman–Crippen LogP) is 2.86. The lowest BCUT2D eigenvalue weighted by Crippen LogP contribution is -2.42. The van der Waals surface area contributed by atoms with E-state index in [2.05, 4.69) is 31.9 Å². The number of pyridine rings is 1. The monoisotopic (exact) mass is 349 g/mol. The van der Waals surface area contributed by atoms with Crippen LogP contribution in [-0.2, 0) is 4.79 Å². The molecule has 1 N–H and O–H groups in total. The van der Waals surface area contributed by atoms with Crippen molar-refractivity contribution >= 4 is 11.7 Å². The number of likely N-dealkylation sites (tertiary alicyclic amines) is 1. The SMILES string of the molecule is N#Cc1ccc(N2CCC(C(=O)N3CCC[C@@H]3c3ccc[nH]3)CC2)nc1. The van der Waals surface area contributed by atoms with Gasteiger partial charge in [-0.3, -0.25) is 4.79 Å². The number of nitrogens with zero attached hydrogens (tertiary/aromatic N) is 4. The molecule has 0 unspecified atom stereocenters. The van der Waals surface area contributed by atoms with Crippen molar-refractivity contribution in [2.75, 3.05) is 24.5 Å². The maximum atomic E-state index is 13.1. The normalized spacial score (nSPS) is 21.0. The summed E-state index contributed by atoms with van der Waals surface area (Å²) >= 11 is 0. The van der Waals surface area contributed by atoms with Gasteiger partial charge in [-0.05, 0) is 49.9 Å². The minimum atomic E-state index is 0.0974. The summed E-state index contributed by atoms with van der Waals surface area (Å²) in [5.41, 5.74) is 1.72. The number of amides is 1. The van der Waals surface area contributed by atoms with Crippen LogP contribution < -0.4 is 4.90 Å². The average molecular weight is 349 g/mol. The van der Waals surface area contributed by atoms with Crippen LogP contribution in [0.2, 0.25) is 0 Å². The molecule has 2 fully saturated rings. The average Bonchev–Trinajstić information content (AvgIpc) is 3.39. The molecule has 0 aliphatic carbocycles. The summed E-state index contributed by atoms with van der Waals surface area (Å²) in [6.45, 7) is 2.52. The van der Waals surface area contributed by atoms with Crippen molar-refractivity contribution in [3.8, 4) is 6.07 Å². The number of nitriles is 1. The number of hydrogen-bond donors (Lipinski definition) is 1. The molecule has 0 radical (unpaired) electrons. The molecule has 2 saturated heterocycles.